The molecule has 166 valence electrons. The zero-order chi connectivity index (χ0) is 22.2. The van der Waals surface area contributed by atoms with Gasteiger partial charge in [-0.25, -0.2) is 14.8 Å². The Bertz CT molecular complexity index is 867. The number of hydrogen-bond acceptors (Lipinski definition) is 8. The van der Waals surface area contributed by atoms with Gasteiger partial charge in [0, 0.05) is 38.3 Å². The Morgan fingerprint density at radius 2 is 1.94 bits per heavy atom. The van der Waals surface area contributed by atoms with Crippen LogP contribution >= 0.6 is 0 Å². The van der Waals surface area contributed by atoms with Crippen LogP contribution in [-0.2, 0) is 16.0 Å². The standard InChI is InChI=1S/C22H29N5O4/c1-4-6-21(28)30-12-9-19-24-11-8-20(25-19)26-14-16(2)27(17(3)15-26)22(29)31-18-7-5-10-23-13-18/h5,7-8,10-11,13,16-17H,4,6,9,12,14-15H2,1-3H3/t16-,17+. The highest BCUT2D eigenvalue weighted by Gasteiger charge is 2.34. The minimum Gasteiger partial charge on any atom is -0.465 e. The van der Waals surface area contributed by atoms with Gasteiger partial charge in [-0.15, -0.1) is 0 Å². The molecule has 2 aromatic heterocycles. The Hall–Kier alpha value is -3.23. The zero-order valence-corrected chi connectivity index (χ0v) is 18.2. The number of hydrogen-bond donors (Lipinski definition) is 0. The second kappa shape index (κ2) is 10.7. The van der Waals surface area contributed by atoms with Gasteiger partial charge >= 0.3 is 12.1 Å². The highest BCUT2D eigenvalue weighted by atomic mass is 16.6. The van der Waals surface area contributed by atoms with Gasteiger partial charge in [-0.2, -0.15) is 0 Å². The van der Waals surface area contributed by atoms with Crippen molar-refractivity contribution in [2.75, 3.05) is 24.6 Å². The molecule has 1 fully saturated rings. The lowest BCUT2D eigenvalue weighted by atomic mass is 10.1. The lowest BCUT2D eigenvalue weighted by molar-refractivity contribution is -0.143. The van der Waals surface area contributed by atoms with Crippen molar-refractivity contribution in [2.45, 2.75) is 52.1 Å². The third kappa shape index (κ3) is 6.13. The first-order chi connectivity index (χ1) is 15.0. The fourth-order valence-corrected chi connectivity index (χ4v) is 3.65. The number of piperazine rings is 1. The molecule has 0 radical (unpaired) electrons. The van der Waals surface area contributed by atoms with E-state index in [0.717, 1.165) is 12.2 Å². The van der Waals surface area contributed by atoms with Crippen LogP contribution in [0.4, 0.5) is 10.6 Å². The summed E-state index contributed by atoms with van der Waals surface area (Å²) in [4.78, 5) is 41.0. The van der Waals surface area contributed by atoms with Crippen molar-refractivity contribution in [1.82, 2.24) is 19.9 Å². The van der Waals surface area contributed by atoms with E-state index >= 15 is 0 Å². The van der Waals surface area contributed by atoms with E-state index in [1.54, 1.807) is 29.4 Å². The van der Waals surface area contributed by atoms with Gasteiger partial charge in [-0.05, 0) is 38.5 Å². The minimum absolute atomic E-state index is 0.0682. The number of ether oxygens (including phenoxy) is 2. The smallest absolute Gasteiger partial charge is 0.415 e. The number of carbonyl (C=O) groups is 2. The van der Waals surface area contributed by atoms with Gasteiger partial charge in [0.05, 0.1) is 24.9 Å². The summed E-state index contributed by atoms with van der Waals surface area (Å²) in [5.41, 5.74) is 0. The maximum absolute atomic E-state index is 12.7. The van der Waals surface area contributed by atoms with Crippen molar-refractivity contribution in [2.24, 2.45) is 0 Å². The van der Waals surface area contributed by atoms with Crippen molar-refractivity contribution in [3.8, 4) is 5.75 Å². The lowest BCUT2D eigenvalue weighted by Crippen LogP contribution is -2.59. The Balaban J connectivity index is 1.59. The number of carbonyl (C=O) groups excluding carboxylic acids is 2. The molecule has 9 heteroatoms. The van der Waals surface area contributed by atoms with Gasteiger partial charge in [0.15, 0.2) is 5.75 Å². The molecule has 1 amide bonds. The van der Waals surface area contributed by atoms with Crippen molar-refractivity contribution in [1.29, 1.82) is 0 Å². The molecule has 0 N–H and O–H groups in total. The summed E-state index contributed by atoms with van der Waals surface area (Å²) >= 11 is 0. The number of aromatic nitrogens is 3. The van der Waals surface area contributed by atoms with Crippen molar-refractivity contribution in [3.05, 3.63) is 42.6 Å². The summed E-state index contributed by atoms with van der Waals surface area (Å²) in [5, 5.41) is 0. The summed E-state index contributed by atoms with van der Waals surface area (Å²) in [7, 11) is 0. The number of esters is 1. The Morgan fingerprint density at radius 3 is 2.61 bits per heavy atom. The predicted molar refractivity (Wildman–Crippen MR) is 115 cm³/mol. The van der Waals surface area contributed by atoms with E-state index in [1.165, 1.54) is 6.20 Å². The molecule has 0 aliphatic carbocycles. The van der Waals surface area contributed by atoms with E-state index in [2.05, 4.69) is 19.9 Å². The first-order valence-corrected chi connectivity index (χ1v) is 10.6. The Morgan fingerprint density at radius 1 is 1.16 bits per heavy atom. The van der Waals surface area contributed by atoms with Gasteiger partial charge in [0.1, 0.15) is 11.6 Å². The van der Waals surface area contributed by atoms with Crippen LogP contribution in [0.15, 0.2) is 36.8 Å². The number of rotatable bonds is 7. The molecule has 0 saturated carbocycles. The molecule has 31 heavy (non-hydrogen) atoms. The molecule has 1 aliphatic rings. The van der Waals surface area contributed by atoms with E-state index in [9.17, 15) is 9.59 Å². The third-order valence-electron chi connectivity index (χ3n) is 5.03. The molecule has 3 rings (SSSR count). The van der Waals surface area contributed by atoms with Gasteiger partial charge in [0.25, 0.3) is 0 Å². The van der Waals surface area contributed by atoms with Gasteiger partial charge in [0.2, 0.25) is 0 Å². The maximum Gasteiger partial charge on any atom is 0.415 e. The van der Waals surface area contributed by atoms with Gasteiger partial charge in [-0.3, -0.25) is 14.7 Å². The SMILES string of the molecule is CCCC(=O)OCCc1nccc(N2C[C@@H](C)N(C(=O)Oc3cccnc3)[C@@H](C)C2)n1. The number of nitrogens with zero attached hydrogens (tertiary/aromatic N) is 5. The molecule has 9 nitrogen and oxygen atoms in total. The van der Waals surface area contributed by atoms with Crippen LogP contribution in [0.25, 0.3) is 0 Å². The minimum atomic E-state index is -0.384. The largest absolute Gasteiger partial charge is 0.465 e. The van der Waals surface area contributed by atoms with E-state index in [4.69, 9.17) is 9.47 Å². The average Bonchev–Trinajstić information content (AvgIpc) is 2.74. The van der Waals surface area contributed by atoms with Crippen molar-refractivity contribution in [3.63, 3.8) is 0 Å². The van der Waals surface area contributed by atoms with Gasteiger partial charge in [-0.1, -0.05) is 6.92 Å². The van der Waals surface area contributed by atoms with E-state index in [-0.39, 0.29) is 30.8 Å². The second-order valence-corrected chi connectivity index (χ2v) is 7.62. The normalized spacial score (nSPS) is 18.5. The number of amides is 1. The van der Waals surface area contributed by atoms with Crippen LogP contribution in [0, 0.1) is 0 Å². The fourth-order valence-electron chi connectivity index (χ4n) is 3.65. The number of anilines is 1. The van der Waals surface area contributed by atoms with Crippen molar-refractivity contribution >= 4 is 17.9 Å². The van der Waals surface area contributed by atoms with Crippen LogP contribution in [0.5, 0.6) is 5.75 Å². The van der Waals surface area contributed by atoms with Crippen LogP contribution in [0.1, 0.15) is 39.4 Å². The summed E-state index contributed by atoms with van der Waals surface area (Å²) < 4.78 is 10.7. The monoisotopic (exact) mass is 427 g/mol. The molecule has 0 unspecified atom stereocenters. The molecule has 2 aromatic rings. The summed E-state index contributed by atoms with van der Waals surface area (Å²) in [6.07, 6.45) is 6.13. The van der Waals surface area contributed by atoms with E-state index in [0.29, 0.717) is 37.5 Å². The maximum atomic E-state index is 12.7. The summed E-state index contributed by atoms with van der Waals surface area (Å²) in [5.74, 6) is 1.65. The third-order valence-corrected chi connectivity index (χ3v) is 5.03. The average molecular weight is 428 g/mol. The first-order valence-electron chi connectivity index (χ1n) is 10.6. The summed E-state index contributed by atoms with van der Waals surface area (Å²) in [6, 6.07) is 5.15. The van der Waals surface area contributed by atoms with Crippen LogP contribution in [0.2, 0.25) is 0 Å². The quantitative estimate of drug-likeness (QED) is 0.622. The fraction of sp³-hybridized carbons (Fsp3) is 0.500. The molecular formula is C22H29N5O4. The molecule has 0 bridgehead atoms. The van der Waals surface area contributed by atoms with E-state index in [1.807, 2.05) is 26.8 Å². The highest BCUT2D eigenvalue weighted by molar-refractivity contribution is 5.72. The summed E-state index contributed by atoms with van der Waals surface area (Å²) in [6.45, 7) is 7.42. The first kappa shape index (κ1) is 22.5. The molecule has 3 heterocycles. The Labute approximate surface area is 182 Å². The predicted octanol–water partition coefficient (Wildman–Crippen LogP) is 2.86. The number of pyridine rings is 1. The highest BCUT2D eigenvalue weighted by Crippen LogP contribution is 2.22. The molecule has 1 aliphatic heterocycles. The van der Waals surface area contributed by atoms with Crippen LogP contribution in [-0.4, -0.2) is 63.7 Å². The van der Waals surface area contributed by atoms with E-state index < -0.39 is 0 Å². The van der Waals surface area contributed by atoms with Crippen LogP contribution in [0.3, 0.4) is 0 Å². The molecule has 0 aromatic carbocycles. The Kier molecular flexibility index (Phi) is 7.75. The second-order valence-electron chi connectivity index (χ2n) is 7.62. The molecule has 0 spiro atoms. The topological polar surface area (TPSA) is 97.8 Å². The van der Waals surface area contributed by atoms with Gasteiger partial charge < -0.3 is 14.4 Å². The molecular weight excluding hydrogens is 398 g/mol. The molecule has 1 saturated heterocycles. The lowest BCUT2D eigenvalue weighted by Gasteiger charge is -2.44. The van der Waals surface area contributed by atoms with Crippen LogP contribution < -0.4 is 9.64 Å². The zero-order valence-electron chi connectivity index (χ0n) is 18.2. The molecule has 2 atom stereocenters. The van der Waals surface area contributed by atoms with Crippen molar-refractivity contribution < 1.29 is 19.1 Å².